The lowest BCUT2D eigenvalue weighted by molar-refractivity contribution is -0.123. The van der Waals surface area contributed by atoms with Crippen LogP contribution < -0.4 is 10.2 Å². The molecule has 0 aliphatic heterocycles. The summed E-state index contributed by atoms with van der Waals surface area (Å²) in [6, 6.07) is 5.54. The van der Waals surface area contributed by atoms with Gasteiger partial charge in [-0.3, -0.25) is 14.9 Å². The Morgan fingerprint density at radius 2 is 1.32 bits per heavy atom. The molecule has 2 aromatic rings. The lowest BCUT2D eigenvalue weighted by Gasteiger charge is -2.20. The van der Waals surface area contributed by atoms with E-state index in [2.05, 4.69) is 12.3 Å². The van der Waals surface area contributed by atoms with Gasteiger partial charge in [-0.05, 0) is 57.4 Å². The smallest absolute Gasteiger partial charge is 0.279 e. The first-order chi connectivity index (χ1) is 17.8. The number of halogens is 3. The van der Waals surface area contributed by atoms with Crippen molar-refractivity contribution in [1.29, 1.82) is 0 Å². The van der Waals surface area contributed by atoms with Crippen LogP contribution in [0.5, 0.6) is 5.75 Å². The normalized spacial score (nSPS) is 12.1. The minimum Gasteiger partial charge on any atom is -0.478 e. The number of aromatic nitrogens is 1. The van der Waals surface area contributed by atoms with E-state index in [1.54, 1.807) is 17.7 Å². The Labute approximate surface area is 239 Å². The molecule has 1 aromatic carbocycles. The molecule has 1 atom stereocenters. The zero-order valence-electron chi connectivity index (χ0n) is 23.1. The van der Waals surface area contributed by atoms with E-state index >= 15 is 0 Å². The van der Waals surface area contributed by atoms with Crippen LogP contribution in [-0.4, -0.2) is 16.7 Å². The molecule has 7 heteroatoms. The van der Waals surface area contributed by atoms with Crippen molar-refractivity contribution in [2.75, 3.05) is 5.43 Å². The Bertz CT molecular complexity index is 955. The molecule has 0 saturated heterocycles. The third-order valence-electron chi connectivity index (χ3n) is 6.91. The van der Waals surface area contributed by atoms with E-state index in [9.17, 15) is 4.79 Å². The Balaban J connectivity index is 1.76. The van der Waals surface area contributed by atoms with Crippen LogP contribution in [0.15, 0.2) is 18.2 Å². The van der Waals surface area contributed by atoms with Crippen molar-refractivity contribution in [3.05, 3.63) is 50.2 Å². The molecule has 0 bridgehead atoms. The molecule has 0 saturated carbocycles. The minimum atomic E-state index is -0.790. The Morgan fingerprint density at radius 3 is 1.84 bits per heavy atom. The number of rotatable bonds is 18. The van der Waals surface area contributed by atoms with Crippen LogP contribution in [-0.2, 0) is 11.2 Å². The van der Waals surface area contributed by atoms with Crippen molar-refractivity contribution in [2.24, 2.45) is 0 Å². The van der Waals surface area contributed by atoms with E-state index in [1.165, 1.54) is 70.6 Å². The number of ether oxygens (including phenoxy) is 1. The summed E-state index contributed by atoms with van der Waals surface area (Å²) >= 11 is 19.6. The van der Waals surface area contributed by atoms with Crippen molar-refractivity contribution in [3.8, 4) is 5.75 Å². The Kier molecular flexibility index (Phi) is 14.9. The summed E-state index contributed by atoms with van der Waals surface area (Å²) in [4.78, 5) is 12.7. The molecular weight excluding hydrogens is 527 g/mol. The molecule has 37 heavy (non-hydrogen) atoms. The van der Waals surface area contributed by atoms with Gasteiger partial charge in [0.25, 0.3) is 5.91 Å². The molecule has 1 amide bonds. The van der Waals surface area contributed by atoms with E-state index in [4.69, 9.17) is 39.5 Å². The van der Waals surface area contributed by atoms with Gasteiger partial charge in [-0.15, -0.1) is 0 Å². The summed E-state index contributed by atoms with van der Waals surface area (Å²) in [6.45, 7) is 7.79. The highest BCUT2D eigenvalue weighted by Gasteiger charge is 2.22. The van der Waals surface area contributed by atoms with Gasteiger partial charge < -0.3 is 4.74 Å². The molecule has 0 spiro atoms. The lowest BCUT2D eigenvalue weighted by atomic mass is 10.0. The summed E-state index contributed by atoms with van der Waals surface area (Å²) in [7, 11) is 0. The number of amides is 1. The number of hydrogen-bond donors (Lipinski definition) is 1. The summed E-state index contributed by atoms with van der Waals surface area (Å²) < 4.78 is 7.66. The second kappa shape index (κ2) is 17.3. The van der Waals surface area contributed by atoms with Gasteiger partial charge in [0, 0.05) is 16.4 Å². The molecule has 1 unspecified atom stereocenters. The Morgan fingerprint density at radius 1 is 0.838 bits per heavy atom. The molecule has 1 N–H and O–H groups in total. The van der Waals surface area contributed by atoms with Gasteiger partial charge in [0.05, 0.1) is 10.0 Å². The first kappa shape index (κ1) is 31.9. The van der Waals surface area contributed by atoms with Crippen LogP contribution >= 0.6 is 34.8 Å². The molecular formula is C30H45Cl3N2O2. The SMILES string of the molecule is CCCCCCCCCCCCCCCc1c(Cl)cc(Cl)c(OC(C)C(=O)Nn2c(C)ccc2C)c1Cl. The Hall–Kier alpha value is -1.36. The van der Waals surface area contributed by atoms with Crippen LogP contribution in [0.3, 0.4) is 0 Å². The fourth-order valence-electron chi connectivity index (χ4n) is 4.54. The number of unbranched alkanes of at least 4 members (excludes halogenated alkanes) is 12. The predicted octanol–water partition coefficient (Wildman–Crippen LogP) is 10.2. The van der Waals surface area contributed by atoms with Crippen molar-refractivity contribution in [3.63, 3.8) is 0 Å². The van der Waals surface area contributed by atoms with Crippen LogP contribution in [0, 0.1) is 13.8 Å². The monoisotopic (exact) mass is 570 g/mol. The van der Waals surface area contributed by atoms with Gasteiger partial charge in [0.1, 0.15) is 0 Å². The number of carbonyl (C=O) groups excluding carboxylic acids is 1. The van der Waals surface area contributed by atoms with Crippen molar-refractivity contribution in [2.45, 2.75) is 124 Å². The highest BCUT2D eigenvalue weighted by Crippen LogP contribution is 2.41. The average molecular weight is 572 g/mol. The van der Waals surface area contributed by atoms with Gasteiger partial charge in [0.15, 0.2) is 11.9 Å². The van der Waals surface area contributed by atoms with E-state index in [-0.39, 0.29) is 5.91 Å². The third-order valence-corrected chi connectivity index (χ3v) is 7.93. The van der Waals surface area contributed by atoms with E-state index in [0.717, 1.165) is 36.2 Å². The largest absolute Gasteiger partial charge is 0.478 e. The van der Waals surface area contributed by atoms with E-state index < -0.39 is 6.10 Å². The molecule has 0 aliphatic rings. The zero-order chi connectivity index (χ0) is 27.2. The molecule has 0 fully saturated rings. The quantitative estimate of drug-likeness (QED) is 0.181. The maximum absolute atomic E-state index is 12.7. The standard InChI is InChI=1S/C30H45Cl3N2O2/c1-5-6-7-8-9-10-11-12-13-14-15-16-17-18-25-26(31)21-27(32)29(28(25)33)37-24(4)30(36)34-35-22(2)19-20-23(35)3/h19-21,24H,5-18H2,1-4H3,(H,34,36). The first-order valence-corrected chi connectivity index (χ1v) is 15.2. The highest BCUT2D eigenvalue weighted by atomic mass is 35.5. The number of benzene rings is 1. The molecule has 208 valence electrons. The maximum atomic E-state index is 12.7. The minimum absolute atomic E-state index is 0.289. The van der Waals surface area contributed by atoms with Crippen LogP contribution in [0.4, 0.5) is 0 Å². The molecule has 0 aliphatic carbocycles. The fraction of sp³-hybridized carbons (Fsp3) is 0.633. The predicted molar refractivity (Wildman–Crippen MR) is 159 cm³/mol. The summed E-state index contributed by atoms with van der Waals surface area (Å²) in [5.41, 5.74) is 5.56. The van der Waals surface area contributed by atoms with Crippen molar-refractivity contribution in [1.82, 2.24) is 4.68 Å². The first-order valence-electron chi connectivity index (χ1n) is 14.0. The van der Waals surface area contributed by atoms with Gasteiger partial charge in [0.2, 0.25) is 0 Å². The second-order valence-electron chi connectivity index (χ2n) is 10.1. The molecule has 1 aromatic heterocycles. The lowest BCUT2D eigenvalue weighted by Crippen LogP contribution is -2.36. The van der Waals surface area contributed by atoms with Crippen LogP contribution in [0.25, 0.3) is 0 Å². The topological polar surface area (TPSA) is 43.3 Å². The van der Waals surface area contributed by atoms with E-state index in [1.807, 2.05) is 26.0 Å². The summed E-state index contributed by atoms with van der Waals surface area (Å²) in [6.07, 6.45) is 16.9. The molecule has 1 heterocycles. The number of carbonyl (C=O) groups is 1. The van der Waals surface area contributed by atoms with Gasteiger partial charge in [-0.25, -0.2) is 0 Å². The molecule has 2 rings (SSSR count). The average Bonchev–Trinajstić information content (AvgIpc) is 3.18. The van der Waals surface area contributed by atoms with Gasteiger partial charge in [-0.2, -0.15) is 0 Å². The fourth-order valence-corrected chi connectivity index (χ4v) is 5.59. The molecule has 4 nitrogen and oxygen atoms in total. The van der Waals surface area contributed by atoms with E-state index in [0.29, 0.717) is 20.8 Å². The summed E-state index contributed by atoms with van der Waals surface area (Å²) in [5, 5.41) is 1.23. The van der Waals surface area contributed by atoms with Crippen LogP contribution in [0.1, 0.15) is 114 Å². The van der Waals surface area contributed by atoms with Gasteiger partial charge in [-0.1, -0.05) is 119 Å². The number of aryl methyl sites for hydroxylation is 2. The molecule has 0 radical (unpaired) electrons. The second-order valence-corrected chi connectivity index (χ2v) is 11.3. The van der Waals surface area contributed by atoms with Crippen molar-refractivity contribution >= 4 is 40.7 Å². The number of nitrogens with one attached hydrogen (secondary N) is 1. The maximum Gasteiger partial charge on any atom is 0.279 e. The van der Waals surface area contributed by atoms with Crippen LogP contribution in [0.2, 0.25) is 15.1 Å². The van der Waals surface area contributed by atoms with Gasteiger partial charge >= 0.3 is 0 Å². The number of nitrogens with zero attached hydrogens (tertiary/aromatic N) is 1. The summed E-state index contributed by atoms with van der Waals surface area (Å²) in [5.74, 6) is 0.0172. The zero-order valence-corrected chi connectivity index (χ0v) is 25.4. The number of hydrogen-bond acceptors (Lipinski definition) is 2. The van der Waals surface area contributed by atoms with Crippen molar-refractivity contribution < 1.29 is 9.53 Å². The highest BCUT2D eigenvalue weighted by molar-refractivity contribution is 6.41. The third kappa shape index (κ3) is 10.7.